The van der Waals surface area contributed by atoms with Crippen molar-refractivity contribution in [2.45, 2.75) is 38.3 Å². The SMILES string of the molecule is C=CC[C@@H](CC)NC(=O)N[C@@H]1CCSC1. The predicted octanol–water partition coefficient (Wildman–Crippen LogP) is 2.15. The van der Waals surface area contributed by atoms with E-state index in [9.17, 15) is 4.79 Å². The van der Waals surface area contributed by atoms with Gasteiger partial charge in [-0.1, -0.05) is 13.0 Å². The fraction of sp³-hybridized carbons (Fsp3) is 0.727. The third-order valence-electron chi connectivity index (χ3n) is 2.54. The van der Waals surface area contributed by atoms with Crippen LogP contribution in [0.5, 0.6) is 0 Å². The highest BCUT2D eigenvalue weighted by Gasteiger charge is 2.18. The fourth-order valence-electron chi connectivity index (χ4n) is 1.59. The average Bonchev–Trinajstić information content (AvgIpc) is 2.69. The van der Waals surface area contributed by atoms with Gasteiger partial charge in [0.1, 0.15) is 0 Å². The molecule has 0 aliphatic carbocycles. The molecule has 0 aromatic heterocycles. The van der Waals surface area contributed by atoms with Gasteiger partial charge >= 0.3 is 6.03 Å². The van der Waals surface area contributed by atoms with Crippen LogP contribution in [0.2, 0.25) is 0 Å². The molecule has 0 aromatic carbocycles. The number of hydrogen-bond acceptors (Lipinski definition) is 2. The van der Waals surface area contributed by atoms with Gasteiger partial charge in [0.05, 0.1) is 0 Å². The number of amides is 2. The van der Waals surface area contributed by atoms with Gasteiger partial charge in [-0.2, -0.15) is 11.8 Å². The van der Waals surface area contributed by atoms with Gasteiger partial charge in [0.15, 0.2) is 0 Å². The quantitative estimate of drug-likeness (QED) is 0.708. The third-order valence-corrected chi connectivity index (χ3v) is 3.71. The number of hydrogen-bond donors (Lipinski definition) is 2. The molecule has 15 heavy (non-hydrogen) atoms. The zero-order valence-electron chi connectivity index (χ0n) is 9.29. The van der Waals surface area contributed by atoms with Gasteiger partial charge in [0.2, 0.25) is 0 Å². The number of carbonyl (C=O) groups is 1. The topological polar surface area (TPSA) is 41.1 Å². The molecule has 0 radical (unpaired) electrons. The van der Waals surface area contributed by atoms with Crippen LogP contribution >= 0.6 is 11.8 Å². The molecule has 0 unspecified atom stereocenters. The maximum atomic E-state index is 11.6. The van der Waals surface area contributed by atoms with E-state index in [4.69, 9.17) is 0 Å². The molecule has 0 saturated carbocycles. The minimum Gasteiger partial charge on any atom is -0.335 e. The first-order chi connectivity index (χ1) is 7.26. The normalized spacial score (nSPS) is 22.1. The van der Waals surface area contributed by atoms with Crippen molar-refractivity contribution in [2.24, 2.45) is 0 Å². The van der Waals surface area contributed by atoms with E-state index in [1.165, 1.54) is 0 Å². The van der Waals surface area contributed by atoms with Crippen molar-refractivity contribution in [2.75, 3.05) is 11.5 Å². The molecule has 1 heterocycles. The molecule has 1 saturated heterocycles. The summed E-state index contributed by atoms with van der Waals surface area (Å²) in [4.78, 5) is 11.6. The molecule has 1 aliphatic heterocycles. The van der Waals surface area contributed by atoms with Gasteiger partial charge < -0.3 is 10.6 Å². The van der Waals surface area contributed by atoms with Crippen molar-refractivity contribution in [3.05, 3.63) is 12.7 Å². The minimum atomic E-state index is -0.0313. The highest BCUT2D eigenvalue weighted by molar-refractivity contribution is 7.99. The number of urea groups is 1. The van der Waals surface area contributed by atoms with Crippen molar-refractivity contribution in [1.29, 1.82) is 0 Å². The Labute approximate surface area is 96.1 Å². The Morgan fingerprint density at radius 1 is 1.73 bits per heavy atom. The van der Waals surface area contributed by atoms with Crippen molar-refractivity contribution in [1.82, 2.24) is 10.6 Å². The second-order valence-electron chi connectivity index (χ2n) is 3.81. The highest BCUT2D eigenvalue weighted by Crippen LogP contribution is 2.16. The Hall–Kier alpha value is -0.640. The summed E-state index contributed by atoms with van der Waals surface area (Å²) in [6.07, 6.45) is 4.72. The Morgan fingerprint density at radius 3 is 3.07 bits per heavy atom. The van der Waals surface area contributed by atoms with E-state index in [1.807, 2.05) is 17.8 Å². The van der Waals surface area contributed by atoms with Crippen LogP contribution in [0.25, 0.3) is 0 Å². The Bertz CT molecular complexity index is 215. The molecule has 86 valence electrons. The van der Waals surface area contributed by atoms with Crippen molar-refractivity contribution >= 4 is 17.8 Å². The van der Waals surface area contributed by atoms with E-state index in [1.54, 1.807) is 0 Å². The molecular weight excluding hydrogens is 208 g/mol. The zero-order valence-corrected chi connectivity index (χ0v) is 10.1. The van der Waals surface area contributed by atoms with Crippen molar-refractivity contribution < 1.29 is 4.79 Å². The second kappa shape index (κ2) is 6.77. The number of carbonyl (C=O) groups excluding carboxylic acids is 1. The Morgan fingerprint density at radius 2 is 2.53 bits per heavy atom. The van der Waals surface area contributed by atoms with E-state index in [0.717, 1.165) is 30.8 Å². The van der Waals surface area contributed by atoms with E-state index in [0.29, 0.717) is 6.04 Å². The first-order valence-corrected chi connectivity index (χ1v) is 6.67. The van der Waals surface area contributed by atoms with Gasteiger partial charge in [0.25, 0.3) is 0 Å². The second-order valence-corrected chi connectivity index (χ2v) is 4.96. The summed E-state index contributed by atoms with van der Waals surface area (Å²) >= 11 is 1.90. The van der Waals surface area contributed by atoms with Gasteiger partial charge in [-0.05, 0) is 25.0 Å². The molecular formula is C11H20N2OS. The molecule has 2 atom stereocenters. The van der Waals surface area contributed by atoms with Gasteiger partial charge in [0, 0.05) is 17.8 Å². The molecule has 1 rings (SSSR count). The highest BCUT2D eigenvalue weighted by atomic mass is 32.2. The molecule has 2 N–H and O–H groups in total. The van der Waals surface area contributed by atoms with Crippen molar-refractivity contribution in [3.63, 3.8) is 0 Å². The summed E-state index contributed by atoms with van der Waals surface area (Å²) in [7, 11) is 0. The standard InChI is InChI=1S/C11H20N2OS/c1-3-5-9(4-2)12-11(14)13-10-6-7-15-8-10/h3,9-10H,1,4-8H2,2H3,(H2,12,13,14)/t9-,10-/m1/s1. The molecule has 1 fully saturated rings. The van der Waals surface area contributed by atoms with Crippen LogP contribution in [0.15, 0.2) is 12.7 Å². The predicted molar refractivity (Wildman–Crippen MR) is 66.3 cm³/mol. The van der Waals surface area contributed by atoms with Gasteiger partial charge in [-0.15, -0.1) is 6.58 Å². The third kappa shape index (κ3) is 4.60. The number of thioether (sulfide) groups is 1. The summed E-state index contributed by atoms with van der Waals surface area (Å²) in [5.41, 5.74) is 0. The molecule has 0 bridgehead atoms. The molecule has 2 amide bonds. The summed E-state index contributed by atoms with van der Waals surface area (Å²) in [5.74, 6) is 2.21. The van der Waals surface area contributed by atoms with Crippen molar-refractivity contribution in [3.8, 4) is 0 Å². The minimum absolute atomic E-state index is 0.0313. The van der Waals surface area contributed by atoms with Crippen LogP contribution in [-0.4, -0.2) is 29.6 Å². The summed E-state index contributed by atoms with van der Waals surface area (Å²) < 4.78 is 0. The van der Waals surface area contributed by atoms with Crippen LogP contribution in [0.1, 0.15) is 26.2 Å². The fourth-order valence-corrected chi connectivity index (χ4v) is 2.74. The van der Waals surface area contributed by atoms with Gasteiger partial charge in [-0.25, -0.2) is 4.79 Å². The lowest BCUT2D eigenvalue weighted by atomic mass is 10.1. The number of rotatable bonds is 5. The summed E-state index contributed by atoms with van der Waals surface area (Å²) in [6, 6.07) is 0.545. The molecule has 3 nitrogen and oxygen atoms in total. The lowest BCUT2D eigenvalue weighted by Gasteiger charge is -2.18. The van der Waals surface area contributed by atoms with E-state index in [-0.39, 0.29) is 12.1 Å². The van der Waals surface area contributed by atoms with Crippen LogP contribution in [0.3, 0.4) is 0 Å². The van der Waals surface area contributed by atoms with E-state index >= 15 is 0 Å². The van der Waals surface area contributed by atoms with Crippen LogP contribution in [0.4, 0.5) is 4.79 Å². The van der Waals surface area contributed by atoms with Crippen LogP contribution in [0, 0.1) is 0 Å². The Kier molecular flexibility index (Phi) is 5.61. The van der Waals surface area contributed by atoms with E-state index in [2.05, 4.69) is 24.1 Å². The van der Waals surface area contributed by atoms with Gasteiger partial charge in [-0.3, -0.25) is 0 Å². The summed E-state index contributed by atoms with van der Waals surface area (Å²) in [5, 5.41) is 5.96. The zero-order chi connectivity index (χ0) is 11.1. The maximum absolute atomic E-state index is 11.6. The Balaban J connectivity index is 2.23. The lowest BCUT2D eigenvalue weighted by Crippen LogP contribution is -2.46. The molecule has 4 heteroatoms. The molecule has 0 aromatic rings. The van der Waals surface area contributed by atoms with Crippen LogP contribution in [-0.2, 0) is 0 Å². The van der Waals surface area contributed by atoms with Crippen LogP contribution < -0.4 is 10.6 Å². The largest absolute Gasteiger partial charge is 0.335 e. The first kappa shape index (κ1) is 12.4. The summed E-state index contributed by atoms with van der Waals surface area (Å²) in [6.45, 7) is 5.75. The average molecular weight is 228 g/mol. The molecule has 0 spiro atoms. The number of nitrogens with one attached hydrogen (secondary N) is 2. The monoisotopic (exact) mass is 228 g/mol. The first-order valence-electron chi connectivity index (χ1n) is 5.52. The maximum Gasteiger partial charge on any atom is 0.315 e. The smallest absolute Gasteiger partial charge is 0.315 e. The lowest BCUT2D eigenvalue weighted by molar-refractivity contribution is 0.233. The van der Waals surface area contributed by atoms with E-state index < -0.39 is 0 Å². The molecule has 1 aliphatic rings.